The molecule has 2 aromatic carbocycles. The molecule has 2 atom stereocenters. The average molecular weight is 689 g/mol. The van der Waals surface area contributed by atoms with Crippen molar-refractivity contribution in [3.05, 3.63) is 71.8 Å². The minimum absolute atomic E-state index is 0.0666. The van der Waals surface area contributed by atoms with E-state index in [-0.39, 0.29) is 35.0 Å². The van der Waals surface area contributed by atoms with E-state index in [1.54, 1.807) is 17.6 Å². The predicted molar refractivity (Wildman–Crippen MR) is 189 cm³/mol. The molecule has 0 unspecified atom stereocenters. The Bertz CT molecular complexity index is 1380. The van der Waals surface area contributed by atoms with Crippen LogP contribution in [0.25, 0.3) is 6.08 Å². The van der Waals surface area contributed by atoms with E-state index in [4.69, 9.17) is 4.55 Å². The van der Waals surface area contributed by atoms with Crippen LogP contribution in [0.15, 0.2) is 65.6 Å². The molecule has 0 spiro atoms. The molecule has 3 amide bonds. The molecule has 0 bridgehead atoms. The van der Waals surface area contributed by atoms with Gasteiger partial charge in [-0.3, -0.25) is 34.6 Å². The molecule has 0 aromatic heterocycles. The van der Waals surface area contributed by atoms with Gasteiger partial charge in [-0.25, -0.2) is 5.48 Å². The van der Waals surface area contributed by atoms with Gasteiger partial charge in [-0.2, -0.15) is 8.42 Å². The fourth-order valence-corrected chi connectivity index (χ4v) is 5.52. The fourth-order valence-electron chi connectivity index (χ4n) is 5.04. The lowest BCUT2D eigenvalue weighted by molar-refractivity contribution is -0.148. The summed E-state index contributed by atoms with van der Waals surface area (Å²) in [6, 6.07) is 15.7. The van der Waals surface area contributed by atoms with Gasteiger partial charge in [0.15, 0.2) is 0 Å². The van der Waals surface area contributed by atoms with Gasteiger partial charge in [0.1, 0.15) is 0 Å². The Morgan fingerprint density at radius 3 is 1.98 bits per heavy atom. The van der Waals surface area contributed by atoms with Crippen molar-refractivity contribution >= 4 is 33.9 Å². The third-order valence-electron chi connectivity index (χ3n) is 7.67. The van der Waals surface area contributed by atoms with Gasteiger partial charge in [0.05, 0.1) is 16.7 Å². The summed E-state index contributed by atoms with van der Waals surface area (Å²) < 4.78 is 29.6. The van der Waals surface area contributed by atoms with Crippen LogP contribution in [0, 0.1) is 30.6 Å². The third-order valence-corrected chi connectivity index (χ3v) is 8.53. The average Bonchev–Trinajstić information content (AvgIpc) is 3.03. The van der Waals surface area contributed by atoms with Crippen molar-refractivity contribution < 1.29 is 32.6 Å². The Balaban J connectivity index is 0.000000879. The summed E-state index contributed by atoms with van der Waals surface area (Å²) in [5.41, 5.74) is 6.51. The van der Waals surface area contributed by atoms with Crippen LogP contribution in [0.5, 0.6) is 0 Å². The zero-order valence-electron chi connectivity index (χ0n) is 29.6. The number of nitrogens with one attached hydrogen (secondary N) is 2. The van der Waals surface area contributed by atoms with Crippen LogP contribution in [-0.4, -0.2) is 72.0 Å². The second-order valence-electron chi connectivity index (χ2n) is 12.7. The van der Waals surface area contributed by atoms with E-state index in [1.807, 2.05) is 77.1 Å². The van der Waals surface area contributed by atoms with E-state index >= 15 is 0 Å². The molecule has 0 aliphatic rings. The van der Waals surface area contributed by atoms with Gasteiger partial charge >= 0.3 is 0 Å². The zero-order chi connectivity index (χ0) is 36.3. The number of hydrazine groups is 1. The molecule has 0 saturated carbocycles. The van der Waals surface area contributed by atoms with Crippen LogP contribution in [0.2, 0.25) is 0 Å². The van der Waals surface area contributed by atoms with Gasteiger partial charge in [-0.05, 0) is 75.4 Å². The molecule has 2 rings (SSSR count). The van der Waals surface area contributed by atoms with E-state index in [1.165, 1.54) is 17.1 Å². The van der Waals surface area contributed by atoms with Gasteiger partial charge in [-0.1, -0.05) is 102 Å². The number of hydrogen-bond acceptors (Lipinski definition) is 7. The fraction of sp³-hybridized carbons (Fsp3) is 0.528. The van der Waals surface area contributed by atoms with Crippen molar-refractivity contribution in [3.63, 3.8) is 0 Å². The molecule has 12 heteroatoms. The second-order valence-corrected chi connectivity index (χ2v) is 14.1. The highest BCUT2D eigenvalue weighted by Crippen LogP contribution is 2.26. The molecule has 0 aliphatic carbocycles. The molecule has 268 valence electrons. The maximum absolute atomic E-state index is 13.5. The lowest BCUT2D eigenvalue weighted by Crippen LogP contribution is -2.52. The van der Waals surface area contributed by atoms with E-state index in [9.17, 15) is 28.0 Å². The van der Waals surface area contributed by atoms with Crippen molar-refractivity contribution in [2.24, 2.45) is 23.7 Å². The first kappa shape index (κ1) is 42.4. The highest BCUT2D eigenvalue weighted by Gasteiger charge is 2.35. The second kappa shape index (κ2) is 22.1. The number of nitrogens with zero attached hydrogens (tertiary/aromatic N) is 2. The predicted octanol–water partition coefficient (Wildman–Crippen LogP) is 5.75. The number of carbonyl (C=O) groups excluding carboxylic acids is 3. The lowest BCUT2D eigenvalue weighted by Gasteiger charge is -2.31. The molecule has 0 fully saturated rings. The molecule has 11 nitrogen and oxygen atoms in total. The maximum Gasteiger partial charge on any atom is 0.294 e. The molecule has 2 aromatic rings. The number of benzene rings is 2. The summed E-state index contributed by atoms with van der Waals surface area (Å²) >= 11 is 0. The smallest absolute Gasteiger partial charge is 0.294 e. The van der Waals surface area contributed by atoms with Crippen molar-refractivity contribution in [2.45, 2.75) is 79.0 Å². The van der Waals surface area contributed by atoms with Gasteiger partial charge in [-0.15, -0.1) is 0 Å². The topological polar surface area (TPSA) is 156 Å². The number of carbonyl (C=O) groups is 3. The Labute approximate surface area is 287 Å². The number of aryl methyl sites for hydroxylation is 1. The largest absolute Gasteiger partial charge is 0.304 e. The number of hydroxylamine groups is 1. The Kier molecular flexibility index (Phi) is 19.6. The molecular formula is C36H56N4O7S. The van der Waals surface area contributed by atoms with Crippen molar-refractivity contribution in [1.29, 1.82) is 0 Å². The van der Waals surface area contributed by atoms with Crippen molar-refractivity contribution in [1.82, 2.24) is 20.8 Å². The van der Waals surface area contributed by atoms with Crippen LogP contribution >= 0.6 is 0 Å². The quantitative estimate of drug-likeness (QED) is 0.0930. The minimum atomic E-state index is -4.02. The van der Waals surface area contributed by atoms with Crippen LogP contribution in [-0.2, 0) is 24.5 Å². The molecule has 4 N–H and O–H groups in total. The summed E-state index contributed by atoms with van der Waals surface area (Å²) in [6.07, 6.45) is 5.49. The maximum atomic E-state index is 13.5. The Morgan fingerprint density at radius 1 is 0.875 bits per heavy atom. The highest BCUT2D eigenvalue weighted by atomic mass is 32.2. The number of amides is 3. The third kappa shape index (κ3) is 16.5. The summed E-state index contributed by atoms with van der Waals surface area (Å²) in [7, 11) is -4.02. The van der Waals surface area contributed by atoms with Crippen LogP contribution in [0.4, 0.5) is 0 Å². The minimum Gasteiger partial charge on any atom is -0.304 e. The lowest BCUT2D eigenvalue weighted by atomic mass is 9.82. The van der Waals surface area contributed by atoms with Gasteiger partial charge < -0.3 is 4.90 Å². The van der Waals surface area contributed by atoms with Gasteiger partial charge in [0.25, 0.3) is 10.1 Å². The SMILES string of the molecule is CCN(CC)CCCC(=O)N(CC(C)C)NC(=O)[C@H](CC(C)C)[C@H](CC=Cc1ccccc1)C(=O)NO.Cc1ccc(S(=O)(=O)O)cc1. The number of hydrogen-bond donors (Lipinski definition) is 4. The molecule has 0 heterocycles. The molecule has 0 saturated heterocycles. The first-order valence-electron chi connectivity index (χ1n) is 16.7. The standard InChI is InChI=1S/C29H48N4O4.C7H8O3S/c1-7-32(8-2)19-13-18-27(34)33(21-23(5)6)30-28(35)26(20-22(3)4)25(29(36)31-37)17-12-16-24-14-10-9-11-15-24;1-6-2-4-7(5-3-6)11(8,9)10/h9-12,14-16,22-23,25-26,37H,7-8,13,17-21H2,1-6H3,(H,30,35)(H,31,36);2-5H,1H3,(H,8,9,10)/t25-,26+;/m0./s1. The first-order valence-corrected chi connectivity index (χ1v) is 18.1. The van der Waals surface area contributed by atoms with Crippen molar-refractivity contribution in [3.8, 4) is 0 Å². The van der Waals surface area contributed by atoms with Gasteiger partial charge in [0.2, 0.25) is 17.7 Å². The highest BCUT2D eigenvalue weighted by molar-refractivity contribution is 7.85. The van der Waals surface area contributed by atoms with Gasteiger partial charge in [0, 0.05) is 13.0 Å². The summed E-state index contributed by atoms with van der Waals surface area (Å²) in [4.78, 5) is 41.5. The number of allylic oxidation sites excluding steroid dienone is 1. The van der Waals surface area contributed by atoms with Crippen LogP contribution in [0.1, 0.15) is 78.4 Å². The molecule has 0 aliphatic heterocycles. The van der Waals surface area contributed by atoms with E-state index < -0.39 is 27.9 Å². The Hall–Kier alpha value is -3.58. The van der Waals surface area contributed by atoms with Crippen molar-refractivity contribution in [2.75, 3.05) is 26.2 Å². The van der Waals surface area contributed by atoms with Crippen LogP contribution in [0.3, 0.4) is 0 Å². The molecule has 0 radical (unpaired) electrons. The summed E-state index contributed by atoms with van der Waals surface area (Å²) in [6.45, 7) is 17.1. The van der Waals surface area contributed by atoms with E-state index in [0.717, 1.165) is 30.8 Å². The monoisotopic (exact) mass is 688 g/mol. The van der Waals surface area contributed by atoms with E-state index in [0.29, 0.717) is 25.8 Å². The number of rotatable bonds is 17. The summed E-state index contributed by atoms with van der Waals surface area (Å²) in [5.74, 6) is -2.35. The first-order chi connectivity index (χ1) is 22.6. The zero-order valence-corrected chi connectivity index (χ0v) is 30.4. The van der Waals surface area contributed by atoms with E-state index in [2.05, 4.69) is 24.2 Å². The normalized spacial score (nSPS) is 12.8. The molecular weight excluding hydrogens is 632 g/mol. The molecule has 48 heavy (non-hydrogen) atoms. The van der Waals surface area contributed by atoms with Crippen LogP contribution < -0.4 is 10.9 Å². The summed E-state index contributed by atoms with van der Waals surface area (Å²) in [5, 5.41) is 10.8. The Morgan fingerprint density at radius 2 is 1.48 bits per heavy atom.